The number of carbonyl (C=O) groups excluding carboxylic acids is 1. The number of carbonyl (C=O) groups is 1. The van der Waals surface area contributed by atoms with Crippen LogP contribution in [0.4, 0.5) is 0 Å². The molecule has 6 nitrogen and oxygen atoms in total. The van der Waals surface area contributed by atoms with Crippen molar-refractivity contribution in [1.82, 2.24) is 9.62 Å². The second kappa shape index (κ2) is 6.82. The van der Waals surface area contributed by atoms with Crippen LogP contribution in [0.2, 0.25) is 5.02 Å². The molecule has 2 aromatic rings. The SMILES string of the molecule is CN(C)S(=O)(=O)c1ccc(Cl)c(C(=O)N[C@@H]2CCCc3occc32)c1. The smallest absolute Gasteiger partial charge is 0.253 e. The van der Waals surface area contributed by atoms with Crippen LogP contribution in [0.15, 0.2) is 39.8 Å². The number of aryl methyl sites for hydroxylation is 1. The Kier molecular flexibility index (Phi) is 4.90. The molecule has 1 N–H and O–H groups in total. The molecule has 0 fully saturated rings. The van der Waals surface area contributed by atoms with Crippen LogP contribution < -0.4 is 5.32 Å². The Hall–Kier alpha value is -1.83. The van der Waals surface area contributed by atoms with Gasteiger partial charge in [0.2, 0.25) is 10.0 Å². The second-order valence-corrected chi connectivity index (χ2v) is 8.71. The van der Waals surface area contributed by atoms with Crippen molar-refractivity contribution in [3.05, 3.63) is 52.4 Å². The van der Waals surface area contributed by atoms with Gasteiger partial charge in [0.1, 0.15) is 5.76 Å². The summed E-state index contributed by atoms with van der Waals surface area (Å²) in [7, 11) is -0.769. The third-order valence-corrected chi connectivity index (χ3v) is 6.46. The fourth-order valence-corrected chi connectivity index (χ4v) is 4.05. The van der Waals surface area contributed by atoms with Crippen LogP contribution in [0.5, 0.6) is 0 Å². The monoisotopic (exact) mass is 382 g/mol. The van der Waals surface area contributed by atoms with Gasteiger partial charge in [0.15, 0.2) is 0 Å². The van der Waals surface area contributed by atoms with E-state index in [2.05, 4.69) is 5.32 Å². The molecule has 0 saturated carbocycles. The van der Waals surface area contributed by atoms with Gasteiger partial charge in [-0.3, -0.25) is 4.79 Å². The molecule has 0 bridgehead atoms. The number of halogens is 1. The van der Waals surface area contributed by atoms with Gasteiger partial charge < -0.3 is 9.73 Å². The lowest BCUT2D eigenvalue weighted by Gasteiger charge is -2.23. The lowest BCUT2D eigenvalue weighted by Crippen LogP contribution is -2.31. The van der Waals surface area contributed by atoms with E-state index in [1.165, 1.54) is 32.3 Å². The molecule has 1 amide bonds. The maximum Gasteiger partial charge on any atom is 0.253 e. The minimum atomic E-state index is -3.64. The summed E-state index contributed by atoms with van der Waals surface area (Å²) in [6.07, 6.45) is 4.18. The minimum absolute atomic E-state index is 0.0275. The summed E-state index contributed by atoms with van der Waals surface area (Å²) in [5.74, 6) is 0.478. The van der Waals surface area contributed by atoms with Crippen molar-refractivity contribution in [1.29, 1.82) is 0 Å². The van der Waals surface area contributed by atoms with Crippen LogP contribution in [0.25, 0.3) is 0 Å². The molecular weight excluding hydrogens is 364 g/mol. The highest BCUT2D eigenvalue weighted by atomic mass is 35.5. The molecule has 8 heteroatoms. The molecule has 0 spiro atoms. The summed E-state index contributed by atoms with van der Waals surface area (Å²) in [5.41, 5.74) is 1.10. The summed E-state index contributed by atoms with van der Waals surface area (Å²) in [6.45, 7) is 0. The van der Waals surface area contributed by atoms with E-state index in [0.29, 0.717) is 0 Å². The number of benzene rings is 1. The highest BCUT2D eigenvalue weighted by molar-refractivity contribution is 7.89. The Labute approximate surface area is 151 Å². The number of fused-ring (bicyclic) bond motifs is 1. The first-order valence-electron chi connectivity index (χ1n) is 7.90. The normalized spacial score (nSPS) is 17.4. The van der Waals surface area contributed by atoms with Gasteiger partial charge in [0.05, 0.1) is 27.8 Å². The van der Waals surface area contributed by atoms with Crippen LogP contribution in [-0.2, 0) is 16.4 Å². The number of hydrogen-bond donors (Lipinski definition) is 1. The molecule has 0 unspecified atom stereocenters. The summed E-state index contributed by atoms with van der Waals surface area (Å²) >= 11 is 6.13. The summed E-state index contributed by atoms with van der Waals surface area (Å²) in [4.78, 5) is 12.7. The number of nitrogens with zero attached hydrogens (tertiary/aromatic N) is 1. The van der Waals surface area contributed by atoms with Crippen molar-refractivity contribution < 1.29 is 17.6 Å². The predicted octanol–water partition coefficient (Wildman–Crippen LogP) is 2.99. The third-order valence-electron chi connectivity index (χ3n) is 4.32. The number of amides is 1. The average Bonchev–Trinajstić information content (AvgIpc) is 3.04. The molecular formula is C17H19ClN2O4S. The molecule has 3 rings (SSSR count). The van der Waals surface area contributed by atoms with Gasteiger partial charge in [-0.05, 0) is 37.1 Å². The lowest BCUT2D eigenvalue weighted by molar-refractivity contribution is 0.0932. The first kappa shape index (κ1) is 18.0. The zero-order chi connectivity index (χ0) is 18.2. The molecule has 1 aromatic carbocycles. The van der Waals surface area contributed by atoms with Crippen molar-refractivity contribution in [2.45, 2.75) is 30.2 Å². The van der Waals surface area contributed by atoms with Crippen molar-refractivity contribution in [3.63, 3.8) is 0 Å². The Bertz CT molecular complexity index is 905. The molecule has 134 valence electrons. The number of sulfonamides is 1. The summed E-state index contributed by atoms with van der Waals surface area (Å²) in [5, 5.41) is 3.14. The maximum absolute atomic E-state index is 12.7. The standard InChI is InChI=1S/C17H19ClN2O4S/c1-20(2)25(22,23)11-6-7-14(18)13(10-11)17(21)19-15-4-3-5-16-12(15)8-9-24-16/h6-10,15H,3-5H2,1-2H3,(H,19,21)/t15-/m1/s1. The predicted molar refractivity (Wildman–Crippen MR) is 94.2 cm³/mol. The van der Waals surface area contributed by atoms with E-state index in [0.717, 1.165) is 34.9 Å². The highest BCUT2D eigenvalue weighted by Crippen LogP contribution is 2.31. The Balaban J connectivity index is 1.89. The molecule has 0 aliphatic heterocycles. The molecule has 1 atom stereocenters. The van der Waals surface area contributed by atoms with E-state index in [1.807, 2.05) is 6.07 Å². The maximum atomic E-state index is 12.7. The Morgan fingerprint density at radius 2 is 2.08 bits per heavy atom. The van der Waals surface area contributed by atoms with Gasteiger partial charge in [-0.25, -0.2) is 12.7 Å². The van der Waals surface area contributed by atoms with E-state index >= 15 is 0 Å². The zero-order valence-corrected chi connectivity index (χ0v) is 15.5. The van der Waals surface area contributed by atoms with Crippen molar-refractivity contribution in [3.8, 4) is 0 Å². The lowest BCUT2D eigenvalue weighted by atomic mass is 9.93. The van der Waals surface area contributed by atoms with Gasteiger partial charge >= 0.3 is 0 Å². The van der Waals surface area contributed by atoms with Gasteiger partial charge in [0, 0.05) is 26.1 Å². The number of nitrogens with one attached hydrogen (secondary N) is 1. The van der Waals surface area contributed by atoms with Crippen molar-refractivity contribution in [2.75, 3.05) is 14.1 Å². The number of rotatable bonds is 4. The molecule has 0 radical (unpaired) electrons. The van der Waals surface area contributed by atoms with Gasteiger partial charge in [0.25, 0.3) is 5.91 Å². The number of hydrogen-bond acceptors (Lipinski definition) is 4. The number of furan rings is 1. The summed E-state index contributed by atoms with van der Waals surface area (Å²) in [6, 6.07) is 5.82. The van der Waals surface area contributed by atoms with Gasteiger partial charge in [-0.15, -0.1) is 0 Å². The first-order chi connectivity index (χ1) is 11.8. The van der Waals surface area contributed by atoms with Crippen LogP contribution in [0, 0.1) is 0 Å². The van der Waals surface area contributed by atoms with Crippen molar-refractivity contribution in [2.24, 2.45) is 0 Å². The molecule has 1 aliphatic carbocycles. The molecule has 0 saturated heterocycles. The Morgan fingerprint density at radius 3 is 2.80 bits per heavy atom. The van der Waals surface area contributed by atoms with E-state index in [-0.39, 0.29) is 21.5 Å². The molecule has 1 aliphatic rings. The first-order valence-corrected chi connectivity index (χ1v) is 9.71. The third kappa shape index (κ3) is 3.44. The van der Waals surface area contributed by atoms with Crippen LogP contribution >= 0.6 is 11.6 Å². The fourth-order valence-electron chi connectivity index (χ4n) is 2.92. The van der Waals surface area contributed by atoms with Gasteiger partial charge in [-0.1, -0.05) is 11.6 Å². The summed E-state index contributed by atoms with van der Waals surface area (Å²) < 4.78 is 31.1. The average molecular weight is 383 g/mol. The van der Waals surface area contributed by atoms with Crippen LogP contribution in [-0.4, -0.2) is 32.7 Å². The zero-order valence-electron chi connectivity index (χ0n) is 14.0. The minimum Gasteiger partial charge on any atom is -0.469 e. The Morgan fingerprint density at radius 1 is 1.32 bits per heavy atom. The van der Waals surface area contributed by atoms with E-state index < -0.39 is 15.9 Å². The van der Waals surface area contributed by atoms with Crippen LogP contribution in [0.1, 0.15) is 40.6 Å². The quantitative estimate of drug-likeness (QED) is 0.881. The van der Waals surface area contributed by atoms with Crippen molar-refractivity contribution >= 4 is 27.5 Å². The molecule has 1 aromatic heterocycles. The highest BCUT2D eigenvalue weighted by Gasteiger charge is 2.26. The topological polar surface area (TPSA) is 79.6 Å². The largest absolute Gasteiger partial charge is 0.469 e. The van der Waals surface area contributed by atoms with Crippen LogP contribution in [0.3, 0.4) is 0 Å². The van der Waals surface area contributed by atoms with E-state index in [4.69, 9.17) is 16.0 Å². The van der Waals surface area contributed by atoms with Gasteiger partial charge in [-0.2, -0.15) is 0 Å². The molecule has 25 heavy (non-hydrogen) atoms. The van der Waals surface area contributed by atoms with E-state index in [9.17, 15) is 13.2 Å². The molecule has 1 heterocycles. The van der Waals surface area contributed by atoms with E-state index in [1.54, 1.807) is 6.26 Å². The fraction of sp³-hybridized carbons (Fsp3) is 0.353. The second-order valence-electron chi connectivity index (χ2n) is 6.15.